The van der Waals surface area contributed by atoms with E-state index >= 15 is 0 Å². The molecule has 1 unspecified atom stereocenters. The van der Waals surface area contributed by atoms with Gasteiger partial charge in [-0.1, -0.05) is 0 Å². The minimum Gasteiger partial charge on any atom is -0.467 e. The first-order valence-corrected chi connectivity index (χ1v) is 6.75. The molecular formula is C11H14N2O3S. The Morgan fingerprint density at radius 1 is 1.53 bits per heavy atom. The van der Waals surface area contributed by atoms with Gasteiger partial charge in [-0.15, -0.1) is 0 Å². The summed E-state index contributed by atoms with van der Waals surface area (Å²) < 4.78 is 5.13. The molecule has 0 spiro atoms. The van der Waals surface area contributed by atoms with Crippen LogP contribution >= 0.6 is 11.8 Å². The van der Waals surface area contributed by atoms with Gasteiger partial charge in [-0.3, -0.25) is 9.69 Å². The van der Waals surface area contributed by atoms with Gasteiger partial charge in [0.15, 0.2) is 0 Å². The Balaban J connectivity index is 1.99. The average molecular weight is 254 g/mol. The van der Waals surface area contributed by atoms with Gasteiger partial charge in [0.1, 0.15) is 11.8 Å². The van der Waals surface area contributed by atoms with Crippen molar-refractivity contribution in [2.45, 2.75) is 19.0 Å². The van der Waals surface area contributed by atoms with Crippen molar-refractivity contribution in [3.63, 3.8) is 0 Å². The van der Waals surface area contributed by atoms with Gasteiger partial charge in [0.25, 0.3) is 5.91 Å². The van der Waals surface area contributed by atoms with Crippen LogP contribution in [0.1, 0.15) is 12.2 Å². The molecule has 1 aromatic rings. The molecule has 17 heavy (non-hydrogen) atoms. The second kappa shape index (κ2) is 5.27. The number of hydrogen-bond acceptors (Lipinski definition) is 4. The molecule has 0 saturated carbocycles. The van der Waals surface area contributed by atoms with Crippen LogP contribution < -0.4 is 5.32 Å². The summed E-state index contributed by atoms with van der Waals surface area (Å²) in [5, 5.41) is 2.68. The molecular weight excluding hydrogens is 240 g/mol. The van der Waals surface area contributed by atoms with Crippen LogP contribution in [0, 0.1) is 0 Å². The summed E-state index contributed by atoms with van der Waals surface area (Å²) >= 11 is 1.66. The number of hydrogen-bond donors (Lipinski definition) is 1. The van der Waals surface area contributed by atoms with Crippen molar-refractivity contribution in [1.29, 1.82) is 0 Å². The van der Waals surface area contributed by atoms with E-state index in [1.165, 1.54) is 11.2 Å². The van der Waals surface area contributed by atoms with Crippen LogP contribution in [0.5, 0.6) is 0 Å². The molecule has 5 nitrogen and oxygen atoms in total. The Labute approximate surface area is 104 Å². The number of furan rings is 1. The van der Waals surface area contributed by atoms with Crippen LogP contribution in [0.4, 0.5) is 4.79 Å². The van der Waals surface area contributed by atoms with E-state index in [2.05, 4.69) is 5.32 Å². The van der Waals surface area contributed by atoms with Crippen LogP contribution in [0.15, 0.2) is 22.8 Å². The SMILES string of the molecule is CSCCC1NC(=O)N(Cc2ccco2)C1=O. The van der Waals surface area contributed by atoms with Gasteiger partial charge in [0, 0.05) is 0 Å². The molecule has 0 radical (unpaired) electrons. The van der Waals surface area contributed by atoms with E-state index < -0.39 is 0 Å². The van der Waals surface area contributed by atoms with Crippen molar-refractivity contribution in [2.24, 2.45) is 0 Å². The number of carbonyl (C=O) groups is 2. The summed E-state index contributed by atoms with van der Waals surface area (Å²) in [6.45, 7) is 0.202. The van der Waals surface area contributed by atoms with Gasteiger partial charge in [0.2, 0.25) is 0 Å². The zero-order valence-electron chi connectivity index (χ0n) is 9.51. The standard InChI is InChI=1S/C11H14N2O3S/c1-17-6-4-9-10(14)13(11(15)12-9)7-8-3-2-5-16-8/h2-3,5,9H,4,6-7H2,1H3,(H,12,15). The molecule has 0 aromatic carbocycles. The fourth-order valence-electron chi connectivity index (χ4n) is 1.72. The summed E-state index contributed by atoms with van der Waals surface area (Å²) in [7, 11) is 0. The third-order valence-corrected chi connectivity index (χ3v) is 3.26. The predicted molar refractivity (Wildman–Crippen MR) is 64.6 cm³/mol. The van der Waals surface area contributed by atoms with Crippen molar-refractivity contribution in [2.75, 3.05) is 12.0 Å². The van der Waals surface area contributed by atoms with E-state index in [4.69, 9.17) is 4.42 Å². The largest absolute Gasteiger partial charge is 0.467 e. The highest BCUT2D eigenvalue weighted by Gasteiger charge is 2.37. The number of nitrogens with one attached hydrogen (secondary N) is 1. The number of carbonyl (C=O) groups excluding carboxylic acids is 2. The molecule has 6 heteroatoms. The van der Waals surface area contributed by atoms with Gasteiger partial charge in [-0.25, -0.2) is 4.79 Å². The van der Waals surface area contributed by atoms with E-state index in [1.807, 2.05) is 6.26 Å². The first-order valence-electron chi connectivity index (χ1n) is 5.35. The maximum atomic E-state index is 11.9. The Morgan fingerprint density at radius 3 is 3.00 bits per heavy atom. The lowest BCUT2D eigenvalue weighted by Gasteiger charge is -2.10. The molecule has 2 heterocycles. The number of amides is 3. The molecule has 1 saturated heterocycles. The summed E-state index contributed by atoms with van der Waals surface area (Å²) in [5.74, 6) is 1.30. The summed E-state index contributed by atoms with van der Waals surface area (Å²) in [5.41, 5.74) is 0. The van der Waals surface area contributed by atoms with Crippen LogP contribution in [0.25, 0.3) is 0 Å². The van der Waals surface area contributed by atoms with Crippen LogP contribution in [0.3, 0.4) is 0 Å². The molecule has 1 aliphatic rings. The lowest BCUT2D eigenvalue weighted by Crippen LogP contribution is -2.31. The summed E-state index contributed by atoms with van der Waals surface area (Å²) in [6, 6.07) is 2.76. The minimum atomic E-state index is -0.384. The van der Waals surface area contributed by atoms with Gasteiger partial charge >= 0.3 is 6.03 Å². The normalized spacial score (nSPS) is 19.8. The predicted octanol–water partition coefficient (Wildman–Crippen LogP) is 1.45. The smallest absolute Gasteiger partial charge is 0.325 e. The first-order chi connectivity index (χ1) is 8.22. The van der Waals surface area contributed by atoms with Crippen LogP contribution in [0.2, 0.25) is 0 Å². The van der Waals surface area contributed by atoms with Gasteiger partial charge in [-0.2, -0.15) is 11.8 Å². The van der Waals surface area contributed by atoms with E-state index in [0.29, 0.717) is 12.2 Å². The Bertz CT molecular complexity index is 405. The second-order valence-electron chi connectivity index (χ2n) is 3.79. The molecule has 3 amide bonds. The second-order valence-corrected chi connectivity index (χ2v) is 4.77. The fraction of sp³-hybridized carbons (Fsp3) is 0.455. The van der Waals surface area contributed by atoms with E-state index in [-0.39, 0.29) is 24.5 Å². The number of urea groups is 1. The Kier molecular flexibility index (Phi) is 3.73. The summed E-state index contributed by atoms with van der Waals surface area (Å²) in [6.07, 6.45) is 4.17. The molecule has 0 bridgehead atoms. The topological polar surface area (TPSA) is 62.6 Å². The van der Waals surface area contributed by atoms with Crippen molar-refractivity contribution < 1.29 is 14.0 Å². The number of thioether (sulfide) groups is 1. The van der Waals surface area contributed by atoms with E-state index in [1.54, 1.807) is 23.9 Å². The van der Waals surface area contributed by atoms with Gasteiger partial charge in [-0.05, 0) is 30.6 Å². The lowest BCUT2D eigenvalue weighted by atomic mass is 10.2. The number of nitrogens with zero attached hydrogens (tertiary/aromatic N) is 1. The average Bonchev–Trinajstić information content (AvgIpc) is 2.90. The van der Waals surface area contributed by atoms with Crippen LogP contribution in [-0.4, -0.2) is 34.9 Å². The Morgan fingerprint density at radius 2 is 2.35 bits per heavy atom. The number of imide groups is 1. The van der Waals surface area contributed by atoms with Crippen molar-refractivity contribution in [1.82, 2.24) is 10.2 Å². The minimum absolute atomic E-state index is 0.166. The maximum absolute atomic E-state index is 11.9. The molecule has 2 rings (SSSR count). The van der Waals surface area contributed by atoms with Crippen molar-refractivity contribution >= 4 is 23.7 Å². The quantitative estimate of drug-likeness (QED) is 0.808. The third-order valence-electron chi connectivity index (χ3n) is 2.61. The highest BCUT2D eigenvalue weighted by molar-refractivity contribution is 7.98. The monoisotopic (exact) mass is 254 g/mol. The molecule has 1 aliphatic heterocycles. The molecule has 92 valence electrons. The Hall–Kier alpha value is -1.43. The number of rotatable bonds is 5. The third kappa shape index (κ3) is 2.63. The highest BCUT2D eigenvalue weighted by atomic mass is 32.2. The van der Waals surface area contributed by atoms with E-state index in [9.17, 15) is 9.59 Å². The molecule has 1 atom stereocenters. The first kappa shape index (κ1) is 12.0. The summed E-state index contributed by atoms with van der Waals surface area (Å²) in [4.78, 5) is 24.8. The van der Waals surface area contributed by atoms with Crippen molar-refractivity contribution in [3.8, 4) is 0 Å². The van der Waals surface area contributed by atoms with Gasteiger partial charge in [0.05, 0.1) is 12.8 Å². The zero-order valence-corrected chi connectivity index (χ0v) is 10.3. The lowest BCUT2D eigenvalue weighted by molar-refractivity contribution is -0.128. The fourth-order valence-corrected chi connectivity index (χ4v) is 2.19. The zero-order chi connectivity index (χ0) is 12.3. The molecule has 1 aromatic heterocycles. The highest BCUT2D eigenvalue weighted by Crippen LogP contribution is 2.15. The molecule has 1 N–H and O–H groups in total. The molecule has 0 aliphatic carbocycles. The van der Waals surface area contributed by atoms with Gasteiger partial charge < -0.3 is 9.73 Å². The van der Waals surface area contributed by atoms with E-state index in [0.717, 1.165) is 5.75 Å². The van der Waals surface area contributed by atoms with Crippen molar-refractivity contribution in [3.05, 3.63) is 24.2 Å². The van der Waals surface area contributed by atoms with Crippen LogP contribution in [-0.2, 0) is 11.3 Å². The molecule has 1 fully saturated rings. The maximum Gasteiger partial charge on any atom is 0.325 e.